The van der Waals surface area contributed by atoms with Gasteiger partial charge >= 0.3 is 0 Å². The molecule has 1 aromatic carbocycles. The van der Waals surface area contributed by atoms with Crippen molar-refractivity contribution >= 4 is 10.0 Å². The van der Waals surface area contributed by atoms with Crippen LogP contribution >= 0.6 is 0 Å². The largest absolute Gasteiger partial charge is 0.493 e. The molecule has 1 fully saturated rings. The monoisotopic (exact) mass is 393 g/mol. The van der Waals surface area contributed by atoms with E-state index in [1.807, 2.05) is 0 Å². The highest BCUT2D eigenvalue weighted by molar-refractivity contribution is 7.89. The molecular weight excluding hydrogens is 370 g/mol. The highest BCUT2D eigenvalue weighted by atomic mass is 32.2. The molecule has 1 unspecified atom stereocenters. The van der Waals surface area contributed by atoms with Crippen molar-refractivity contribution in [3.05, 3.63) is 35.2 Å². The van der Waals surface area contributed by atoms with Gasteiger partial charge in [-0.05, 0) is 25.0 Å². The van der Waals surface area contributed by atoms with Gasteiger partial charge in [-0.3, -0.25) is 5.10 Å². The highest BCUT2D eigenvalue weighted by Gasteiger charge is 2.39. The van der Waals surface area contributed by atoms with Gasteiger partial charge in [0.2, 0.25) is 10.0 Å². The van der Waals surface area contributed by atoms with E-state index in [2.05, 4.69) is 10.2 Å². The first kappa shape index (κ1) is 18.3. The molecule has 0 amide bonds. The first-order chi connectivity index (χ1) is 13.1. The minimum atomic E-state index is -3.69. The van der Waals surface area contributed by atoms with Crippen molar-refractivity contribution in [2.45, 2.75) is 36.8 Å². The van der Waals surface area contributed by atoms with E-state index in [0.29, 0.717) is 31.3 Å². The number of benzene rings is 1. The molecule has 2 aliphatic heterocycles. The average molecular weight is 393 g/mol. The number of hydrogen-bond acceptors (Lipinski definition) is 6. The van der Waals surface area contributed by atoms with Gasteiger partial charge in [-0.2, -0.15) is 9.40 Å². The SMILES string of the molecule is COc1ccc(S(=O)(=O)N2CCCC2c2n[nH]c3c2COCC3)cc1OC. The Bertz CT molecular complexity index is 940. The van der Waals surface area contributed by atoms with Gasteiger partial charge < -0.3 is 14.2 Å². The lowest BCUT2D eigenvalue weighted by Crippen LogP contribution is -2.31. The van der Waals surface area contributed by atoms with Gasteiger partial charge in [0.15, 0.2) is 11.5 Å². The standard InChI is InChI=1S/C18H23N3O5S/c1-24-16-6-5-12(10-17(16)25-2)27(22,23)21-8-3-4-15(21)18-13-11-26-9-7-14(13)19-20-18/h5-6,10,15H,3-4,7-9,11H2,1-2H3,(H,19,20). The van der Waals surface area contributed by atoms with Crippen molar-refractivity contribution in [1.29, 1.82) is 0 Å². The number of nitrogens with zero attached hydrogens (tertiary/aromatic N) is 2. The summed E-state index contributed by atoms with van der Waals surface area (Å²) in [5.74, 6) is 0.882. The number of aromatic nitrogens is 2. The summed E-state index contributed by atoms with van der Waals surface area (Å²) < 4.78 is 44.2. The second-order valence-electron chi connectivity index (χ2n) is 6.66. The van der Waals surface area contributed by atoms with Gasteiger partial charge in [0.25, 0.3) is 0 Å². The molecule has 0 bridgehead atoms. The van der Waals surface area contributed by atoms with Crippen LogP contribution in [0, 0.1) is 0 Å². The summed E-state index contributed by atoms with van der Waals surface area (Å²) >= 11 is 0. The molecule has 0 spiro atoms. The Kier molecular flexibility index (Phi) is 4.83. The molecular formula is C18H23N3O5S. The van der Waals surface area contributed by atoms with Crippen molar-refractivity contribution in [2.24, 2.45) is 0 Å². The second-order valence-corrected chi connectivity index (χ2v) is 8.55. The van der Waals surface area contributed by atoms with E-state index >= 15 is 0 Å². The molecule has 8 nitrogen and oxygen atoms in total. The quantitative estimate of drug-likeness (QED) is 0.835. The fourth-order valence-electron chi connectivity index (χ4n) is 3.82. The second kappa shape index (κ2) is 7.14. The maximum absolute atomic E-state index is 13.3. The molecule has 1 saturated heterocycles. The minimum Gasteiger partial charge on any atom is -0.493 e. The number of hydrogen-bond donors (Lipinski definition) is 1. The number of rotatable bonds is 5. The third-order valence-corrected chi connectivity index (χ3v) is 7.11. The summed E-state index contributed by atoms with van der Waals surface area (Å²) in [7, 11) is -0.687. The maximum atomic E-state index is 13.3. The lowest BCUT2D eigenvalue weighted by atomic mass is 10.0. The highest BCUT2D eigenvalue weighted by Crippen LogP contribution is 2.40. The van der Waals surface area contributed by atoms with E-state index in [9.17, 15) is 8.42 Å². The van der Waals surface area contributed by atoms with Crippen LogP contribution in [0.1, 0.15) is 35.8 Å². The molecule has 1 atom stereocenters. The Hall–Kier alpha value is -2.10. The Morgan fingerprint density at radius 2 is 2.07 bits per heavy atom. The van der Waals surface area contributed by atoms with Crippen LogP contribution in [0.5, 0.6) is 11.5 Å². The van der Waals surface area contributed by atoms with E-state index in [0.717, 1.165) is 36.2 Å². The van der Waals surface area contributed by atoms with Crippen LogP contribution < -0.4 is 9.47 Å². The smallest absolute Gasteiger partial charge is 0.243 e. The molecule has 146 valence electrons. The number of fused-ring (bicyclic) bond motifs is 1. The summed E-state index contributed by atoms with van der Waals surface area (Å²) in [6.07, 6.45) is 2.31. The Balaban J connectivity index is 1.70. The normalized spacial score (nSPS) is 20.4. The van der Waals surface area contributed by atoms with Crippen molar-refractivity contribution in [3.8, 4) is 11.5 Å². The van der Waals surface area contributed by atoms with E-state index in [1.54, 1.807) is 16.4 Å². The van der Waals surface area contributed by atoms with Crippen molar-refractivity contribution in [3.63, 3.8) is 0 Å². The van der Waals surface area contributed by atoms with Gasteiger partial charge in [0.05, 0.1) is 44.1 Å². The van der Waals surface area contributed by atoms with Crippen LogP contribution in [0.25, 0.3) is 0 Å². The molecule has 2 aromatic rings. The summed E-state index contributed by atoms with van der Waals surface area (Å²) in [6, 6.07) is 4.38. The maximum Gasteiger partial charge on any atom is 0.243 e. The molecule has 9 heteroatoms. The average Bonchev–Trinajstić information content (AvgIpc) is 3.34. The van der Waals surface area contributed by atoms with Gasteiger partial charge in [0, 0.05) is 30.3 Å². The zero-order chi connectivity index (χ0) is 19.0. The Morgan fingerprint density at radius 3 is 2.85 bits per heavy atom. The minimum absolute atomic E-state index is 0.188. The van der Waals surface area contributed by atoms with Crippen molar-refractivity contribution < 1.29 is 22.6 Å². The van der Waals surface area contributed by atoms with Crippen LogP contribution in [-0.2, 0) is 27.8 Å². The van der Waals surface area contributed by atoms with E-state index < -0.39 is 10.0 Å². The van der Waals surface area contributed by atoms with Crippen LogP contribution in [0.4, 0.5) is 0 Å². The lowest BCUT2D eigenvalue weighted by molar-refractivity contribution is 0.109. The van der Waals surface area contributed by atoms with Crippen LogP contribution in [0.2, 0.25) is 0 Å². The van der Waals surface area contributed by atoms with Crippen molar-refractivity contribution in [2.75, 3.05) is 27.4 Å². The fraction of sp³-hybridized carbons (Fsp3) is 0.500. The number of nitrogens with one attached hydrogen (secondary N) is 1. The van der Waals surface area contributed by atoms with Crippen molar-refractivity contribution in [1.82, 2.24) is 14.5 Å². The van der Waals surface area contributed by atoms with Gasteiger partial charge in [-0.1, -0.05) is 0 Å². The number of sulfonamides is 1. The third kappa shape index (κ3) is 3.09. The molecule has 0 aliphatic carbocycles. The molecule has 1 N–H and O–H groups in total. The summed E-state index contributed by atoms with van der Waals surface area (Å²) in [6.45, 7) is 1.60. The summed E-state index contributed by atoms with van der Waals surface area (Å²) in [4.78, 5) is 0.188. The molecule has 27 heavy (non-hydrogen) atoms. The Morgan fingerprint density at radius 1 is 1.26 bits per heavy atom. The molecule has 3 heterocycles. The van der Waals surface area contributed by atoms with Gasteiger partial charge in [-0.25, -0.2) is 8.42 Å². The van der Waals surface area contributed by atoms with Gasteiger partial charge in [-0.15, -0.1) is 0 Å². The van der Waals surface area contributed by atoms with E-state index in [4.69, 9.17) is 14.2 Å². The number of ether oxygens (including phenoxy) is 3. The number of aromatic amines is 1. The van der Waals surface area contributed by atoms with Crippen LogP contribution in [0.3, 0.4) is 0 Å². The number of methoxy groups -OCH3 is 2. The molecule has 4 rings (SSSR count). The molecule has 0 saturated carbocycles. The predicted octanol–water partition coefficient (Wildman–Crippen LogP) is 2.03. The van der Waals surface area contributed by atoms with E-state index in [1.165, 1.54) is 20.3 Å². The predicted molar refractivity (Wildman–Crippen MR) is 97.4 cm³/mol. The lowest BCUT2D eigenvalue weighted by Gasteiger charge is -2.24. The summed E-state index contributed by atoms with van der Waals surface area (Å²) in [5.41, 5.74) is 2.83. The first-order valence-electron chi connectivity index (χ1n) is 8.94. The number of H-pyrrole nitrogens is 1. The van der Waals surface area contributed by atoms with Crippen LogP contribution in [-0.4, -0.2) is 50.3 Å². The fourth-order valence-corrected chi connectivity index (χ4v) is 5.50. The summed E-state index contributed by atoms with van der Waals surface area (Å²) in [5, 5.41) is 7.50. The molecule has 0 radical (unpaired) electrons. The first-order valence-corrected chi connectivity index (χ1v) is 10.4. The van der Waals surface area contributed by atoms with Gasteiger partial charge in [0.1, 0.15) is 0 Å². The molecule has 2 aliphatic rings. The van der Waals surface area contributed by atoms with Crippen LogP contribution in [0.15, 0.2) is 23.1 Å². The topological polar surface area (TPSA) is 93.8 Å². The third-order valence-electron chi connectivity index (χ3n) is 5.21. The zero-order valence-corrected chi connectivity index (χ0v) is 16.2. The Labute approximate surface area is 158 Å². The zero-order valence-electron chi connectivity index (χ0n) is 15.4. The van der Waals surface area contributed by atoms with E-state index in [-0.39, 0.29) is 10.9 Å². The molecule has 1 aromatic heterocycles.